The van der Waals surface area contributed by atoms with Crippen molar-refractivity contribution < 1.29 is 9.26 Å². The highest BCUT2D eigenvalue weighted by atomic mass is 16.5. The van der Waals surface area contributed by atoms with Crippen LogP contribution in [0, 0.1) is 0 Å². The number of hydrogen-bond donors (Lipinski definition) is 1. The van der Waals surface area contributed by atoms with Gasteiger partial charge in [-0.15, -0.1) is 0 Å². The molecule has 5 nitrogen and oxygen atoms in total. The van der Waals surface area contributed by atoms with Crippen LogP contribution in [0.4, 0.5) is 0 Å². The van der Waals surface area contributed by atoms with E-state index in [9.17, 15) is 0 Å². The number of ether oxygens (including phenoxy) is 1. The van der Waals surface area contributed by atoms with Crippen molar-refractivity contribution in [1.82, 2.24) is 15.5 Å². The minimum Gasteiger partial charge on any atom is -0.373 e. The lowest BCUT2D eigenvalue weighted by molar-refractivity contribution is 0.0903. The second-order valence-electron chi connectivity index (χ2n) is 4.13. The van der Waals surface area contributed by atoms with Crippen LogP contribution >= 0.6 is 0 Å². The number of hydrogen-bond acceptors (Lipinski definition) is 5. The molecule has 1 fully saturated rings. The van der Waals surface area contributed by atoms with E-state index < -0.39 is 0 Å². The molecule has 2 heterocycles. The first kappa shape index (κ1) is 11.5. The highest BCUT2D eigenvalue weighted by Crippen LogP contribution is 2.24. The summed E-state index contributed by atoms with van der Waals surface area (Å²) in [7, 11) is 1.67. The van der Waals surface area contributed by atoms with E-state index in [-0.39, 0.29) is 12.1 Å². The largest absolute Gasteiger partial charge is 0.373 e. The first-order chi connectivity index (χ1) is 7.85. The Kier molecular flexibility index (Phi) is 3.90. The van der Waals surface area contributed by atoms with Gasteiger partial charge >= 0.3 is 0 Å². The first-order valence-corrected chi connectivity index (χ1v) is 5.94. The second-order valence-corrected chi connectivity index (χ2v) is 4.13. The summed E-state index contributed by atoms with van der Waals surface area (Å²) in [5.41, 5.74) is 0. The minimum absolute atomic E-state index is 0.0545. The summed E-state index contributed by atoms with van der Waals surface area (Å²) in [5, 5.41) is 7.37. The van der Waals surface area contributed by atoms with Crippen molar-refractivity contribution in [2.75, 3.05) is 13.7 Å². The SMILES string of the molecule is CCC(OC)c1noc([C@H]2CCCCN2)n1. The summed E-state index contributed by atoms with van der Waals surface area (Å²) < 4.78 is 10.6. The van der Waals surface area contributed by atoms with E-state index in [1.807, 2.05) is 6.92 Å². The van der Waals surface area contributed by atoms with Gasteiger partial charge < -0.3 is 14.6 Å². The van der Waals surface area contributed by atoms with E-state index in [0.29, 0.717) is 11.7 Å². The average molecular weight is 225 g/mol. The number of nitrogens with zero attached hydrogens (tertiary/aromatic N) is 2. The van der Waals surface area contributed by atoms with Gasteiger partial charge in [0.2, 0.25) is 11.7 Å². The number of nitrogens with one attached hydrogen (secondary N) is 1. The molecule has 1 aliphatic heterocycles. The zero-order chi connectivity index (χ0) is 11.4. The van der Waals surface area contributed by atoms with Gasteiger partial charge in [-0.1, -0.05) is 18.5 Å². The zero-order valence-corrected chi connectivity index (χ0v) is 9.90. The molecule has 2 rings (SSSR count). The fourth-order valence-electron chi connectivity index (χ4n) is 2.04. The molecule has 0 spiro atoms. The number of methoxy groups -OCH3 is 1. The van der Waals surface area contributed by atoms with Crippen molar-refractivity contribution in [3.05, 3.63) is 11.7 Å². The molecule has 16 heavy (non-hydrogen) atoms. The molecule has 1 aromatic heterocycles. The molecule has 0 aliphatic carbocycles. The first-order valence-electron chi connectivity index (χ1n) is 5.94. The minimum atomic E-state index is -0.0545. The topological polar surface area (TPSA) is 60.2 Å². The molecule has 0 aromatic carbocycles. The van der Waals surface area contributed by atoms with Crippen LogP contribution in [-0.2, 0) is 4.74 Å². The van der Waals surface area contributed by atoms with Crippen molar-refractivity contribution in [3.8, 4) is 0 Å². The molecule has 1 aliphatic rings. The van der Waals surface area contributed by atoms with E-state index in [1.54, 1.807) is 7.11 Å². The Hall–Kier alpha value is -0.940. The molecule has 1 N–H and O–H groups in total. The van der Waals surface area contributed by atoms with Gasteiger partial charge in [0.05, 0.1) is 6.04 Å². The van der Waals surface area contributed by atoms with Crippen LogP contribution in [0.2, 0.25) is 0 Å². The number of aromatic nitrogens is 2. The van der Waals surface area contributed by atoms with Crippen LogP contribution < -0.4 is 5.32 Å². The Balaban J connectivity index is 2.05. The molecule has 90 valence electrons. The van der Waals surface area contributed by atoms with Gasteiger partial charge in [-0.3, -0.25) is 0 Å². The quantitative estimate of drug-likeness (QED) is 0.849. The Morgan fingerprint density at radius 3 is 3.06 bits per heavy atom. The van der Waals surface area contributed by atoms with Crippen LogP contribution in [0.25, 0.3) is 0 Å². The van der Waals surface area contributed by atoms with E-state index >= 15 is 0 Å². The van der Waals surface area contributed by atoms with E-state index in [4.69, 9.17) is 9.26 Å². The van der Waals surface area contributed by atoms with Crippen molar-refractivity contribution >= 4 is 0 Å². The van der Waals surface area contributed by atoms with E-state index in [2.05, 4.69) is 15.5 Å². The second kappa shape index (κ2) is 5.41. The van der Waals surface area contributed by atoms with Gasteiger partial charge in [0, 0.05) is 7.11 Å². The monoisotopic (exact) mass is 225 g/mol. The maximum atomic E-state index is 5.29. The van der Waals surface area contributed by atoms with Crippen molar-refractivity contribution in [1.29, 1.82) is 0 Å². The third-order valence-corrected chi connectivity index (χ3v) is 3.01. The number of piperidine rings is 1. The lowest BCUT2D eigenvalue weighted by Gasteiger charge is -2.19. The summed E-state index contributed by atoms with van der Waals surface area (Å²) in [6.45, 7) is 3.08. The van der Waals surface area contributed by atoms with Gasteiger partial charge in [0.25, 0.3) is 0 Å². The molecule has 1 unspecified atom stereocenters. The lowest BCUT2D eigenvalue weighted by Crippen LogP contribution is -2.27. The van der Waals surface area contributed by atoms with Gasteiger partial charge in [0.15, 0.2) is 0 Å². The van der Waals surface area contributed by atoms with Crippen molar-refractivity contribution in [2.24, 2.45) is 0 Å². The maximum Gasteiger partial charge on any atom is 0.243 e. The molecule has 5 heteroatoms. The van der Waals surface area contributed by atoms with Gasteiger partial charge in [-0.05, 0) is 25.8 Å². The van der Waals surface area contributed by atoms with Gasteiger partial charge in [-0.2, -0.15) is 4.98 Å². The normalized spacial score (nSPS) is 23.2. The third kappa shape index (κ3) is 2.41. The predicted molar refractivity (Wildman–Crippen MR) is 58.9 cm³/mol. The lowest BCUT2D eigenvalue weighted by atomic mass is 10.1. The maximum absolute atomic E-state index is 5.29. The predicted octanol–water partition coefficient (Wildman–Crippen LogP) is 1.98. The fraction of sp³-hybridized carbons (Fsp3) is 0.818. The smallest absolute Gasteiger partial charge is 0.243 e. The van der Waals surface area contributed by atoms with Crippen LogP contribution in [0.15, 0.2) is 4.52 Å². The molecule has 2 atom stereocenters. The number of rotatable bonds is 4. The molecule has 1 saturated heterocycles. The van der Waals surface area contributed by atoms with Crippen molar-refractivity contribution in [3.63, 3.8) is 0 Å². The third-order valence-electron chi connectivity index (χ3n) is 3.01. The molecule has 0 saturated carbocycles. The molecule has 0 radical (unpaired) electrons. The Labute approximate surface area is 95.6 Å². The molecular formula is C11H19N3O2. The van der Waals surface area contributed by atoms with Crippen LogP contribution in [0.1, 0.15) is 56.5 Å². The Morgan fingerprint density at radius 1 is 1.56 bits per heavy atom. The van der Waals surface area contributed by atoms with E-state index in [1.165, 1.54) is 12.8 Å². The van der Waals surface area contributed by atoms with Crippen LogP contribution in [0.5, 0.6) is 0 Å². The summed E-state index contributed by atoms with van der Waals surface area (Å²) in [6, 6.07) is 0.226. The molecule has 1 aromatic rings. The Morgan fingerprint density at radius 2 is 2.44 bits per heavy atom. The molecular weight excluding hydrogens is 206 g/mol. The fourth-order valence-corrected chi connectivity index (χ4v) is 2.04. The Bertz CT molecular complexity index is 317. The highest BCUT2D eigenvalue weighted by molar-refractivity contribution is 4.96. The highest BCUT2D eigenvalue weighted by Gasteiger charge is 2.23. The zero-order valence-electron chi connectivity index (χ0n) is 9.90. The van der Waals surface area contributed by atoms with Crippen molar-refractivity contribution in [2.45, 2.75) is 44.8 Å². The standard InChI is InChI=1S/C11H19N3O2/c1-3-9(15-2)10-13-11(16-14-10)8-6-4-5-7-12-8/h8-9,12H,3-7H2,1-2H3/t8-,9?/m1/s1. The summed E-state index contributed by atoms with van der Waals surface area (Å²) in [4.78, 5) is 4.41. The van der Waals surface area contributed by atoms with Crippen LogP contribution in [0.3, 0.4) is 0 Å². The summed E-state index contributed by atoms with van der Waals surface area (Å²) >= 11 is 0. The van der Waals surface area contributed by atoms with Gasteiger partial charge in [0.1, 0.15) is 6.10 Å². The average Bonchev–Trinajstić information content (AvgIpc) is 2.81. The van der Waals surface area contributed by atoms with Crippen LogP contribution in [-0.4, -0.2) is 23.8 Å². The summed E-state index contributed by atoms with van der Waals surface area (Å²) in [6.07, 6.45) is 4.32. The molecule has 0 amide bonds. The van der Waals surface area contributed by atoms with Gasteiger partial charge in [-0.25, -0.2) is 0 Å². The molecule has 0 bridgehead atoms. The van der Waals surface area contributed by atoms with E-state index in [0.717, 1.165) is 19.4 Å². The summed E-state index contributed by atoms with van der Waals surface area (Å²) in [5.74, 6) is 1.36.